The Balaban J connectivity index is 3.21. The van der Waals surface area contributed by atoms with Crippen molar-refractivity contribution in [3.8, 4) is 0 Å². The molecule has 0 amide bonds. The number of rotatable bonds is 1. The van der Waals surface area contributed by atoms with E-state index in [2.05, 4.69) is 9.97 Å². The second-order valence-corrected chi connectivity index (χ2v) is 3.21. The molecular weight excluding hydrogens is 150 g/mol. The van der Waals surface area contributed by atoms with Crippen molar-refractivity contribution in [3.05, 3.63) is 17.0 Å². The minimum atomic E-state index is 0.788. The topological polar surface area (TPSA) is 29.0 Å². The van der Waals surface area contributed by atoms with E-state index in [4.69, 9.17) is 0 Å². The average Bonchev–Trinajstić information content (AvgIpc) is 1.99. The third-order valence-corrected chi connectivity index (χ3v) is 2.02. The van der Waals surface area contributed by atoms with E-state index in [9.17, 15) is 0 Å². The maximum Gasteiger partial charge on any atom is 0.225 e. The maximum atomic E-state index is 4.35. The van der Waals surface area contributed by atoms with E-state index in [0.717, 1.165) is 17.3 Å². The highest BCUT2D eigenvalue weighted by Gasteiger charge is 2.04. The van der Waals surface area contributed by atoms with Crippen LogP contribution in [0.5, 0.6) is 0 Å². The normalized spacial score (nSPS) is 10.1. The lowest BCUT2D eigenvalue weighted by atomic mass is 10.2. The Labute approximate surface area is 73.5 Å². The lowest BCUT2D eigenvalue weighted by molar-refractivity contribution is 0.938. The first-order chi connectivity index (χ1) is 5.52. The third-order valence-electron chi connectivity index (χ3n) is 2.02. The number of hydrogen-bond acceptors (Lipinski definition) is 3. The van der Waals surface area contributed by atoms with Gasteiger partial charge in [-0.2, -0.15) is 0 Å². The number of hydrogen-bond donors (Lipinski definition) is 0. The summed E-state index contributed by atoms with van der Waals surface area (Å²) in [5, 5.41) is 0. The van der Waals surface area contributed by atoms with Crippen molar-refractivity contribution in [1.82, 2.24) is 9.97 Å². The van der Waals surface area contributed by atoms with Crippen LogP contribution in [0.4, 0.5) is 5.95 Å². The highest BCUT2D eigenvalue weighted by atomic mass is 15.2. The number of aryl methyl sites for hydroxylation is 2. The van der Waals surface area contributed by atoms with Gasteiger partial charge in [0.05, 0.1) is 0 Å². The summed E-state index contributed by atoms with van der Waals surface area (Å²) in [6, 6.07) is 0. The molecule has 1 rings (SSSR count). The molecule has 1 aromatic rings. The van der Waals surface area contributed by atoms with Gasteiger partial charge in [-0.1, -0.05) is 0 Å². The molecule has 0 radical (unpaired) electrons. The molecule has 0 saturated heterocycles. The Morgan fingerprint density at radius 2 is 1.33 bits per heavy atom. The van der Waals surface area contributed by atoms with Gasteiger partial charge >= 0.3 is 0 Å². The van der Waals surface area contributed by atoms with Gasteiger partial charge in [-0.05, 0) is 26.3 Å². The van der Waals surface area contributed by atoms with Gasteiger partial charge in [0, 0.05) is 25.5 Å². The van der Waals surface area contributed by atoms with E-state index < -0.39 is 0 Å². The standard InChI is InChI=1S/C9H15N3/c1-6-7(2)10-9(12(4)5)11-8(6)3/h1-5H3. The summed E-state index contributed by atoms with van der Waals surface area (Å²) >= 11 is 0. The van der Waals surface area contributed by atoms with Crippen LogP contribution in [0.3, 0.4) is 0 Å². The van der Waals surface area contributed by atoms with Crippen LogP contribution < -0.4 is 4.90 Å². The highest BCUT2D eigenvalue weighted by molar-refractivity contribution is 5.34. The van der Waals surface area contributed by atoms with Gasteiger partial charge in [0.25, 0.3) is 0 Å². The Kier molecular flexibility index (Phi) is 2.31. The van der Waals surface area contributed by atoms with Gasteiger partial charge < -0.3 is 4.90 Å². The molecule has 0 fully saturated rings. The van der Waals surface area contributed by atoms with Crippen LogP contribution in [0, 0.1) is 20.8 Å². The molecule has 0 spiro atoms. The quantitative estimate of drug-likeness (QED) is 0.631. The fraction of sp³-hybridized carbons (Fsp3) is 0.556. The second-order valence-electron chi connectivity index (χ2n) is 3.21. The lowest BCUT2D eigenvalue weighted by Gasteiger charge is -2.12. The molecule has 3 heteroatoms. The molecule has 0 unspecified atom stereocenters. The zero-order chi connectivity index (χ0) is 9.30. The third kappa shape index (κ3) is 1.55. The van der Waals surface area contributed by atoms with Crippen LogP contribution in [0.1, 0.15) is 17.0 Å². The van der Waals surface area contributed by atoms with Crippen LogP contribution in [-0.2, 0) is 0 Å². The molecule has 0 atom stereocenters. The van der Waals surface area contributed by atoms with E-state index in [1.165, 1.54) is 5.56 Å². The van der Waals surface area contributed by atoms with Crippen molar-refractivity contribution in [3.63, 3.8) is 0 Å². The number of aromatic nitrogens is 2. The largest absolute Gasteiger partial charge is 0.347 e. The molecule has 12 heavy (non-hydrogen) atoms. The van der Waals surface area contributed by atoms with E-state index in [0.29, 0.717) is 0 Å². The van der Waals surface area contributed by atoms with E-state index in [1.54, 1.807) is 0 Å². The predicted octanol–water partition coefficient (Wildman–Crippen LogP) is 1.47. The second kappa shape index (κ2) is 3.09. The Bertz CT molecular complexity index is 269. The SMILES string of the molecule is Cc1nc(N(C)C)nc(C)c1C. The first kappa shape index (κ1) is 8.97. The van der Waals surface area contributed by atoms with Crippen LogP contribution in [0.25, 0.3) is 0 Å². The zero-order valence-electron chi connectivity index (χ0n) is 8.34. The summed E-state index contributed by atoms with van der Waals surface area (Å²) in [5.41, 5.74) is 3.30. The van der Waals surface area contributed by atoms with E-state index in [1.807, 2.05) is 39.8 Å². The lowest BCUT2D eigenvalue weighted by Crippen LogP contribution is -2.14. The van der Waals surface area contributed by atoms with Gasteiger partial charge in [0.15, 0.2) is 0 Å². The molecule has 0 N–H and O–H groups in total. The molecule has 0 aliphatic rings. The van der Waals surface area contributed by atoms with Crippen molar-refractivity contribution in [2.75, 3.05) is 19.0 Å². The molecule has 0 saturated carbocycles. The van der Waals surface area contributed by atoms with Crippen LogP contribution in [0.2, 0.25) is 0 Å². The first-order valence-corrected chi connectivity index (χ1v) is 4.01. The molecule has 3 nitrogen and oxygen atoms in total. The van der Waals surface area contributed by atoms with Crippen molar-refractivity contribution < 1.29 is 0 Å². The van der Waals surface area contributed by atoms with E-state index >= 15 is 0 Å². The summed E-state index contributed by atoms with van der Waals surface area (Å²) in [6.45, 7) is 6.07. The van der Waals surface area contributed by atoms with Gasteiger partial charge in [-0.25, -0.2) is 9.97 Å². The van der Waals surface area contributed by atoms with E-state index in [-0.39, 0.29) is 0 Å². The van der Waals surface area contributed by atoms with Crippen LogP contribution in [-0.4, -0.2) is 24.1 Å². The van der Waals surface area contributed by atoms with Gasteiger partial charge in [-0.3, -0.25) is 0 Å². The average molecular weight is 165 g/mol. The predicted molar refractivity (Wildman–Crippen MR) is 50.6 cm³/mol. The Morgan fingerprint density at radius 1 is 0.917 bits per heavy atom. The highest BCUT2D eigenvalue weighted by Crippen LogP contribution is 2.11. The Hall–Kier alpha value is -1.12. The minimum absolute atomic E-state index is 0.788. The molecule has 66 valence electrons. The van der Waals surface area contributed by atoms with Crippen molar-refractivity contribution in [2.24, 2.45) is 0 Å². The molecule has 1 heterocycles. The van der Waals surface area contributed by atoms with Gasteiger partial charge in [0.1, 0.15) is 0 Å². The van der Waals surface area contributed by atoms with Crippen molar-refractivity contribution in [2.45, 2.75) is 20.8 Å². The molecule has 0 aliphatic heterocycles. The summed E-state index contributed by atoms with van der Waals surface area (Å²) in [5.74, 6) is 0.788. The Morgan fingerprint density at radius 3 is 1.67 bits per heavy atom. The maximum absolute atomic E-state index is 4.35. The van der Waals surface area contributed by atoms with Crippen molar-refractivity contribution in [1.29, 1.82) is 0 Å². The molecule has 0 aliphatic carbocycles. The fourth-order valence-corrected chi connectivity index (χ4v) is 0.955. The van der Waals surface area contributed by atoms with Gasteiger partial charge in [0.2, 0.25) is 5.95 Å². The minimum Gasteiger partial charge on any atom is -0.347 e. The molecule has 0 bridgehead atoms. The first-order valence-electron chi connectivity index (χ1n) is 4.01. The summed E-state index contributed by atoms with van der Waals surface area (Å²) in [6.07, 6.45) is 0. The summed E-state index contributed by atoms with van der Waals surface area (Å²) in [7, 11) is 3.90. The summed E-state index contributed by atoms with van der Waals surface area (Å²) < 4.78 is 0. The monoisotopic (exact) mass is 165 g/mol. The molecular formula is C9H15N3. The number of anilines is 1. The summed E-state index contributed by atoms with van der Waals surface area (Å²) in [4.78, 5) is 10.6. The fourth-order valence-electron chi connectivity index (χ4n) is 0.955. The number of nitrogens with zero attached hydrogens (tertiary/aromatic N) is 3. The molecule has 0 aromatic carbocycles. The van der Waals surface area contributed by atoms with Crippen LogP contribution >= 0.6 is 0 Å². The molecule has 1 aromatic heterocycles. The van der Waals surface area contributed by atoms with Crippen molar-refractivity contribution >= 4 is 5.95 Å². The zero-order valence-corrected chi connectivity index (χ0v) is 8.34. The van der Waals surface area contributed by atoms with Gasteiger partial charge in [-0.15, -0.1) is 0 Å². The smallest absolute Gasteiger partial charge is 0.225 e. The van der Waals surface area contributed by atoms with Crippen LogP contribution in [0.15, 0.2) is 0 Å².